The lowest BCUT2D eigenvalue weighted by Crippen LogP contribution is -2.28. The molecule has 1 amide bonds. The third kappa shape index (κ3) is 5.07. The van der Waals surface area contributed by atoms with Gasteiger partial charge in [-0.3, -0.25) is 9.78 Å². The molecule has 6 heteroatoms. The van der Waals surface area contributed by atoms with Crippen LogP contribution < -0.4 is 5.32 Å². The van der Waals surface area contributed by atoms with Crippen LogP contribution in [-0.4, -0.2) is 35.2 Å². The third-order valence-corrected chi connectivity index (χ3v) is 2.03. The minimum absolute atomic E-state index is 0.266. The number of carboxylic acid groups (broad SMARTS) is 1. The highest BCUT2D eigenvalue weighted by Gasteiger charge is 2.05. The van der Waals surface area contributed by atoms with Crippen LogP contribution in [0.2, 0.25) is 0 Å². The minimum atomic E-state index is -1.10. The first kappa shape index (κ1) is 13.1. The van der Waals surface area contributed by atoms with E-state index < -0.39 is 12.6 Å². The van der Waals surface area contributed by atoms with Crippen LogP contribution in [0.3, 0.4) is 0 Å². The van der Waals surface area contributed by atoms with Gasteiger partial charge in [-0.25, -0.2) is 4.79 Å². The molecular formula is C11H14N2O4. The molecule has 0 radical (unpaired) electrons. The Bertz CT molecular complexity index is 406. The summed E-state index contributed by atoms with van der Waals surface area (Å²) in [6.07, 6.45) is 1.65. The molecule has 0 atom stereocenters. The lowest BCUT2D eigenvalue weighted by Gasteiger charge is -2.06. The van der Waals surface area contributed by atoms with Crippen molar-refractivity contribution in [1.29, 1.82) is 0 Å². The Morgan fingerprint density at radius 3 is 2.88 bits per heavy atom. The Labute approximate surface area is 98.6 Å². The quantitative estimate of drug-likeness (QED) is 0.734. The molecule has 0 spiro atoms. The second kappa shape index (κ2) is 6.59. The molecule has 0 fully saturated rings. The number of rotatable bonds is 6. The van der Waals surface area contributed by atoms with E-state index >= 15 is 0 Å². The summed E-state index contributed by atoms with van der Waals surface area (Å²) in [4.78, 5) is 25.5. The van der Waals surface area contributed by atoms with Gasteiger partial charge in [-0.1, -0.05) is 6.07 Å². The van der Waals surface area contributed by atoms with Gasteiger partial charge in [0.05, 0.1) is 12.2 Å². The van der Waals surface area contributed by atoms with Gasteiger partial charge in [-0.15, -0.1) is 0 Å². The van der Waals surface area contributed by atoms with E-state index in [1.54, 1.807) is 6.20 Å². The molecule has 1 aromatic rings. The molecule has 0 aliphatic carbocycles. The fourth-order valence-electron chi connectivity index (χ4n) is 1.17. The molecule has 0 aromatic carbocycles. The number of aliphatic carboxylic acids is 1. The van der Waals surface area contributed by atoms with Crippen molar-refractivity contribution in [3.63, 3.8) is 0 Å². The van der Waals surface area contributed by atoms with Crippen LogP contribution >= 0.6 is 0 Å². The molecule has 1 heterocycles. The molecule has 0 saturated carbocycles. The number of ether oxygens (including phenoxy) is 1. The predicted molar refractivity (Wildman–Crippen MR) is 59.3 cm³/mol. The Hall–Kier alpha value is -1.95. The second-order valence-corrected chi connectivity index (χ2v) is 3.43. The minimum Gasteiger partial charge on any atom is -0.480 e. The molecule has 0 aliphatic rings. The van der Waals surface area contributed by atoms with Gasteiger partial charge < -0.3 is 15.2 Å². The summed E-state index contributed by atoms with van der Waals surface area (Å²) in [6, 6.07) is 3.71. The SMILES string of the molecule is Cc1cccnc1CNC(=O)COCC(=O)O. The van der Waals surface area contributed by atoms with Gasteiger partial charge in [0, 0.05) is 6.20 Å². The van der Waals surface area contributed by atoms with Gasteiger partial charge in [0.2, 0.25) is 5.91 Å². The highest BCUT2D eigenvalue weighted by atomic mass is 16.5. The van der Waals surface area contributed by atoms with Crippen molar-refractivity contribution >= 4 is 11.9 Å². The number of hydrogen-bond acceptors (Lipinski definition) is 4. The molecule has 0 saturated heterocycles. The van der Waals surface area contributed by atoms with Crippen LogP contribution in [0.15, 0.2) is 18.3 Å². The van der Waals surface area contributed by atoms with Crippen molar-refractivity contribution in [3.8, 4) is 0 Å². The average Bonchev–Trinajstić information content (AvgIpc) is 2.27. The Morgan fingerprint density at radius 2 is 2.24 bits per heavy atom. The highest BCUT2D eigenvalue weighted by molar-refractivity contribution is 5.77. The van der Waals surface area contributed by atoms with Gasteiger partial charge in [0.25, 0.3) is 0 Å². The van der Waals surface area contributed by atoms with Crippen LogP contribution in [0, 0.1) is 6.92 Å². The van der Waals surface area contributed by atoms with E-state index in [4.69, 9.17) is 5.11 Å². The third-order valence-electron chi connectivity index (χ3n) is 2.03. The number of aromatic nitrogens is 1. The van der Waals surface area contributed by atoms with Crippen LogP contribution in [0.4, 0.5) is 0 Å². The van der Waals surface area contributed by atoms with Crippen molar-refractivity contribution in [2.75, 3.05) is 13.2 Å². The first-order valence-electron chi connectivity index (χ1n) is 5.06. The summed E-state index contributed by atoms with van der Waals surface area (Å²) in [7, 11) is 0. The fraction of sp³-hybridized carbons (Fsp3) is 0.364. The van der Waals surface area contributed by atoms with E-state index in [9.17, 15) is 9.59 Å². The predicted octanol–water partition coefficient (Wildman–Crippen LogP) is 0.107. The van der Waals surface area contributed by atoms with E-state index in [1.807, 2.05) is 19.1 Å². The van der Waals surface area contributed by atoms with E-state index in [0.29, 0.717) is 6.54 Å². The summed E-state index contributed by atoms with van der Waals surface area (Å²) in [6.45, 7) is 1.46. The zero-order chi connectivity index (χ0) is 12.7. The summed E-state index contributed by atoms with van der Waals surface area (Å²) < 4.78 is 4.64. The summed E-state index contributed by atoms with van der Waals surface area (Å²) in [5, 5.41) is 10.9. The van der Waals surface area contributed by atoms with Crippen LogP contribution in [0.1, 0.15) is 11.3 Å². The monoisotopic (exact) mass is 238 g/mol. The Kier molecular flexibility index (Phi) is 5.09. The van der Waals surface area contributed by atoms with Gasteiger partial charge in [-0.05, 0) is 18.6 Å². The molecule has 6 nitrogen and oxygen atoms in total. The largest absolute Gasteiger partial charge is 0.480 e. The summed E-state index contributed by atoms with van der Waals surface area (Å²) in [5.41, 5.74) is 1.76. The molecule has 0 aliphatic heterocycles. The molecule has 17 heavy (non-hydrogen) atoms. The topological polar surface area (TPSA) is 88.5 Å². The molecular weight excluding hydrogens is 224 g/mol. The highest BCUT2D eigenvalue weighted by Crippen LogP contribution is 2.01. The first-order chi connectivity index (χ1) is 8.09. The molecule has 2 N–H and O–H groups in total. The number of amides is 1. The van der Waals surface area contributed by atoms with Crippen molar-refractivity contribution < 1.29 is 19.4 Å². The number of carbonyl (C=O) groups excluding carboxylic acids is 1. The van der Waals surface area contributed by atoms with E-state index in [0.717, 1.165) is 11.3 Å². The van der Waals surface area contributed by atoms with Crippen LogP contribution in [-0.2, 0) is 20.9 Å². The summed E-state index contributed by atoms with van der Waals surface area (Å²) >= 11 is 0. The maximum Gasteiger partial charge on any atom is 0.329 e. The van der Waals surface area contributed by atoms with Crippen molar-refractivity contribution in [2.24, 2.45) is 0 Å². The fourth-order valence-corrected chi connectivity index (χ4v) is 1.17. The number of nitrogens with zero attached hydrogens (tertiary/aromatic N) is 1. The van der Waals surface area contributed by atoms with Crippen molar-refractivity contribution in [1.82, 2.24) is 10.3 Å². The average molecular weight is 238 g/mol. The molecule has 92 valence electrons. The second-order valence-electron chi connectivity index (χ2n) is 3.43. The lowest BCUT2D eigenvalue weighted by atomic mass is 10.2. The standard InChI is InChI=1S/C11H14N2O4/c1-8-3-2-4-12-9(8)5-13-10(14)6-17-7-11(15)16/h2-4H,5-7H2,1H3,(H,13,14)(H,15,16). The number of pyridine rings is 1. The molecule has 0 bridgehead atoms. The number of nitrogens with one attached hydrogen (secondary N) is 1. The smallest absolute Gasteiger partial charge is 0.329 e. The number of carbonyl (C=O) groups is 2. The van der Waals surface area contributed by atoms with E-state index in [-0.39, 0.29) is 12.5 Å². The maximum absolute atomic E-state index is 11.3. The van der Waals surface area contributed by atoms with Gasteiger partial charge >= 0.3 is 5.97 Å². The zero-order valence-corrected chi connectivity index (χ0v) is 9.47. The summed E-state index contributed by atoms with van der Waals surface area (Å²) in [5.74, 6) is -1.46. The van der Waals surface area contributed by atoms with Crippen LogP contribution in [0.5, 0.6) is 0 Å². The molecule has 1 aromatic heterocycles. The van der Waals surface area contributed by atoms with Crippen LogP contribution in [0.25, 0.3) is 0 Å². The van der Waals surface area contributed by atoms with Gasteiger partial charge in [0.15, 0.2) is 0 Å². The van der Waals surface area contributed by atoms with Gasteiger partial charge in [0.1, 0.15) is 13.2 Å². The Balaban J connectivity index is 2.29. The first-order valence-corrected chi connectivity index (χ1v) is 5.06. The number of carboxylic acids is 1. The van der Waals surface area contributed by atoms with E-state index in [1.165, 1.54) is 0 Å². The van der Waals surface area contributed by atoms with E-state index in [2.05, 4.69) is 15.0 Å². The molecule has 1 rings (SSSR count). The number of aryl methyl sites for hydroxylation is 1. The maximum atomic E-state index is 11.3. The van der Waals surface area contributed by atoms with Crippen molar-refractivity contribution in [2.45, 2.75) is 13.5 Å². The Morgan fingerprint density at radius 1 is 1.47 bits per heavy atom. The zero-order valence-electron chi connectivity index (χ0n) is 9.47. The number of hydrogen-bond donors (Lipinski definition) is 2. The van der Waals surface area contributed by atoms with Gasteiger partial charge in [-0.2, -0.15) is 0 Å². The molecule has 0 unspecified atom stereocenters. The van der Waals surface area contributed by atoms with Crippen molar-refractivity contribution in [3.05, 3.63) is 29.6 Å². The lowest BCUT2D eigenvalue weighted by molar-refractivity contribution is -0.143. The normalized spacial score (nSPS) is 9.94.